The fourth-order valence-electron chi connectivity index (χ4n) is 6.93. The summed E-state index contributed by atoms with van der Waals surface area (Å²) in [4.78, 5) is 0. The van der Waals surface area contributed by atoms with Crippen molar-refractivity contribution in [2.75, 3.05) is 0 Å². The van der Waals surface area contributed by atoms with Gasteiger partial charge in [-0.25, -0.2) is 4.68 Å². The maximum atomic E-state index is 4.59. The Kier molecular flexibility index (Phi) is 5.79. The minimum Gasteiger partial charge on any atom is -0.220 e. The Morgan fingerprint density at radius 1 is 0.974 bits per heavy atom. The van der Waals surface area contributed by atoms with E-state index < -0.39 is 0 Å². The minimum absolute atomic E-state index is 0.0590. The molecule has 0 amide bonds. The van der Waals surface area contributed by atoms with E-state index in [1.165, 1.54) is 44.3 Å². The molecule has 1 unspecified atom stereocenters. The summed E-state index contributed by atoms with van der Waals surface area (Å²) in [5.41, 5.74) is 10.6. The molecule has 0 saturated carbocycles. The third-order valence-electron chi connectivity index (χ3n) is 8.70. The molecule has 0 bridgehead atoms. The monoisotopic (exact) mass is 499 g/mol. The van der Waals surface area contributed by atoms with Gasteiger partial charge in [-0.1, -0.05) is 67.1 Å². The molecule has 4 nitrogen and oxygen atoms in total. The van der Waals surface area contributed by atoms with Crippen molar-refractivity contribution in [3.8, 4) is 28.2 Å². The number of fused-ring (bicyclic) bond motifs is 5. The molecule has 0 spiro atoms. The average Bonchev–Trinajstić information content (AvgIpc) is 3.40. The first-order valence-electron chi connectivity index (χ1n) is 13.6. The topological polar surface area (TPSA) is 34.6 Å². The number of rotatable bonds is 5. The summed E-state index contributed by atoms with van der Waals surface area (Å²) in [5, 5.41) is 11.7. The molecule has 38 heavy (non-hydrogen) atoms. The molecule has 190 valence electrons. The molecule has 3 heterocycles. The molecule has 3 aromatic carbocycles. The highest BCUT2D eigenvalue weighted by molar-refractivity contribution is 5.94. The summed E-state index contributed by atoms with van der Waals surface area (Å²) >= 11 is 0. The van der Waals surface area contributed by atoms with Crippen molar-refractivity contribution in [1.82, 2.24) is 15.0 Å². The maximum Gasteiger partial charge on any atom is 0.221 e. The minimum atomic E-state index is -0.0590. The number of pyridine rings is 1. The summed E-state index contributed by atoms with van der Waals surface area (Å²) in [5.74, 6) is 0.212. The van der Waals surface area contributed by atoms with Gasteiger partial charge in [-0.2, -0.15) is 4.57 Å². The summed E-state index contributed by atoms with van der Waals surface area (Å²) in [6.07, 6.45) is 8.54. The second kappa shape index (κ2) is 9.05. The van der Waals surface area contributed by atoms with Crippen molar-refractivity contribution in [2.24, 2.45) is 0 Å². The Bertz CT molecular complexity index is 1680. The van der Waals surface area contributed by atoms with Gasteiger partial charge >= 0.3 is 0 Å². The zero-order valence-corrected chi connectivity index (χ0v) is 23.0. The van der Waals surface area contributed by atoms with E-state index in [0.717, 1.165) is 29.8 Å². The second-order valence-corrected chi connectivity index (χ2v) is 10.7. The largest absolute Gasteiger partial charge is 0.221 e. The van der Waals surface area contributed by atoms with Crippen LogP contribution in [0.25, 0.3) is 39.0 Å². The standard InChI is InChI=1S/C34H35N4/c1-7-30-28-15-14-26(38-21-31(35-36-38)32-23(5)18-22(4)19-24(32)6)20-29(28)33-27-13-11-10-12-25(27)16-17-37(33)34(30,8-2)9-3/h7,10-21,30H,1,8-9H2,2-6H3/q+1. The van der Waals surface area contributed by atoms with Crippen LogP contribution in [0.3, 0.4) is 0 Å². The van der Waals surface area contributed by atoms with Gasteiger partial charge in [0.1, 0.15) is 5.69 Å². The summed E-state index contributed by atoms with van der Waals surface area (Å²) in [6, 6.07) is 22.1. The van der Waals surface area contributed by atoms with Crippen LogP contribution in [0.2, 0.25) is 0 Å². The number of hydrogen-bond donors (Lipinski definition) is 0. The first-order chi connectivity index (χ1) is 18.4. The van der Waals surface area contributed by atoms with Crippen molar-refractivity contribution in [3.05, 3.63) is 108 Å². The van der Waals surface area contributed by atoms with Crippen molar-refractivity contribution in [3.63, 3.8) is 0 Å². The first kappa shape index (κ1) is 24.3. The average molecular weight is 500 g/mol. The van der Waals surface area contributed by atoms with Crippen LogP contribution in [0.5, 0.6) is 0 Å². The molecule has 2 aromatic heterocycles. The molecule has 5 aromatic rings. The van der Waals surface area contributed by atoms with Gasteiger partial charge in [-0.15, -0.1) is 11.7 Å². The third-order valence-corrected chi connectivity index (χ3v) is 8.70. The molecule has 6 rings (SSSR count). The zero-order chi connectivity index (χ0) is 26.6. The van der Waals surface area contributed by atoms with Crippen molar-refractivity contribution < 1.29 is 4.57 Å². The van der Waals surface area contributed by atoms with Crippen LogP contribution in [0.4, 0.5) is 0 Å². The van der Waals surface area contributed by atoms with Crippen LogP contribution >= 0.6 is 0 Å². The summed E-state index contributed by atoms with van der Waals surface area (Å²) < 4.78 is 4.44. The molecular formula is C34H35N4+. The Morgan fingerprint density at radius 2 is 1.71 bits per heavy atom. The van der Waals surface area contributed by atoms with E-state index in [2.05, 4.69) is 135 Å². The Hall–Kier alpha value is -4.05. The third kappa shape index (κ3) is 3.47. The Morgan fingerprint density at radius 3 is 2.42 bits per heavy atom. The van der Waals surface area contributed by atoms with Crippen LogP contribution in [0.15, 0.2) is 85.7 Å². The number of aromatic nitrogens is 4. The number of hydrogen-bond acceptors (Lipinski definition) is 2. The van der Waals surface area contributed by atoms with E-state index in [1.54, 1.807) is 0 Å². The SMILES string of the molecule is C=CC1c2ccc(-n3cc(-c4c(C)cc(C)cc4C)nn3)cc2-c2c3ccccc3cc[n+]2C1(CC)CC. The smallest absolute Gasteiger partial charge is 0.220 e. The fraction of sp³-hybridized carbons (Fsp3) is 0.265. The van der Waals surface area contributed by atoms with Gasteiger partial charge in [-0.3, -0.25) is 0 Å². The zero-order valence-electron chi connectivity index (χ0n) is 23.0. The number of allylic oxidation sites excluding steroid dienone is 1. The van der Waals surface area contributed by atoms with Crippen LogP contribution in [-0.2, 0) is 5.54 Å². The van der Waals surface area contributed by atoms with Crippen LogP contribution in [0, 0.1) is 20.8 Å². The summed E-state index contributed by atoms with van der Waals surface area (Å²) in [7, 11) is 0. The highest BCUT2D eigenvalue weighted by atomic mass is 15.4. The van der Waals surface area contributed by atoms with Gasteiger partial charge in [0.05, 0.1) is 28.8 Å². The molecule has 0 N–H and O–H groups in total. The fourth-order valence-corrected chi connectivity index (χ4v) is 6.93. The molecule has 1 aliphatic heterocycles. The van der Waals surface area contributed by atoms with Crippen molar-refractivity contribution in [1.29, 1.82) is 0 Å². The molecule has 0 fully saturated rings. The molecule has 0 radical (unpaired) electrons. The van der Waals surface area contributed by atoms with Crippen molar-refractivity contribution >= 4 is 10.8 Å². The van der Waals surface area contributed by atoms with Crippen LogP contribution in [0.1, 0.15) is 54.9 Å². The van der Waals surface area contributed by atoms with Gasteiger partial charge in [0.2, 0.25) is 5.69 Å². The number of benzene rings is 3. The second-order valence-electron chi connectivity index (χ2n) is 10.7. The van der Waals surface area contributed by atoms with E-state index in [9.17, 15) is 0 Å². The van der Waals surface area contributed by atoms with E-state index in [1.807, 2.05) is 4.68 Å². The van der Waals surface area contributed by atoms with E-state index in [0.29, 0.717) is 0 Å². The van der Waals surface area contributed by atoms with Crippen LogP contribution < -0.4 is 4.57 Å². The van der Waals surface area contributed by atoms with E-state index >= 15 is 0 Å². The molecule has 1 atom stereocenters. The van der Waals surface area contributed by atoms with Gasteiger partial charge < -0.3 is 0 Å². The highest BCUT2D eigenvalue weighted by Gasteiger charge is 2.50. The van der Waals surface area contributed by atoms with Crippen molar-refractivity contribution in [2.45, 2.75) is 58.9 Å². The molecule has 1 aliphatic rings. The molecule has 0 saturated heterocycles. The van der Waals surface area contributed by atoms with Crippen LogP contribution in [-0.4, -0.2) is 15.0 Å². The normalized spacial score (nSPS) is 15.8. The molecular weight excluding hydrogens is 464 g/mol. The number of aryl methyl sites for hydroxylation is 3. The van der Waals surface area contributed by atoms with Gasteiger partial charge in [-0.05, 0) is 61.0 Å². The Labute approximate surface area is 225 Å². The lowest BCUT2D eigenvalue weighted by atomic mass is 9.70. The maximum absolute atomic E-state index is 4.59. The lowest BCUT2D eigenvalue weighted by Crippen LogP contribution is -2.61. The lowest BCUT2D eigenvalue weighted by molar-refractivity contribution is -0.760. The lowest BCUT2D eigenvalue weighted by Gasteiger charge is -2.39. The predicted octanol–water partition coefficient (Wildman–Crippen LogP) is 7.77. The van der Waals surface area contributed by atoms with Gasteiger partial charge in [0.15, 0.2) is 11.7 Å². The van der Waals surface area contributed by atoms with Gasteiger partial charge in [0.25, 0.3) is 0 Å². The predicted molar refractivity (Wildman–Crippen MR) is 156 cm³/mol. The highest BCUT2D eigenvalue weighted by Crippen LogP contribution is 2.47. The number of nitrogens with zero attached hydrogens (tertiary/aromatic N) is 4. The van der Waals surface area contributed by atoms with E-state index in [-0.39, 0.29) is 11.5 Å². The first-order valence-corrected chi connectivity index (χ1v) is 13.6. The summed E-state index contributed by atoms with van der Waals surface area (Å²) in [6.45, 7) is 15.3. The quantitative estimate of drug-likeness (QED) is 0.183. The molecule has 0 aliphatic carbocycles. The van der Waals surface area contributed by atoms with Gasteiger partial charge in [0, 0.05) is 24.5 Å². The van der Waals surface area contributed by atoms with E-state index in [4.69, 9.17) is 0 Å². The Balaban J connectivity index is 1.57. The molecule has 4 heteroatoms.